The van der Waals surface area contributed by atoms with Crippen molar-refractivity contribution in [3.05, 3.63) is 38.9 Å². The molecule has 2 saturated heterocycles. The highest BCUT2D eigenvalue weighted by molar-refractivity contribution is 6.30. The second-order valence-corrected chi connectivity index (χ2v) is 6.68. The predicted molar refractivity (Wildman–Crippen MR) is 82.5 cm³/mol. The fourth-order valence-corrected chi connectivity index (χ4v) is 3.82. The van der Waals surface area contributed by atoms with Crippen LogP contribution >= 0.6 is 11.6 Å². The van der Waals surface area contributed by atoms with E-state index in [2.05, 4.69) is 10.2 Å². The summed E-state index contributed by atoms with van der Waals surface area (Å²) in [4.78, 5) is 13.2. The van der Waals surface area contributed by atoms with Crippen molar-refractivity contribution in [2.24, 2.45) is 5.41 Å². The number of rotatable bonds is 3. The summed E-state index contributed by atoms with van der Waals surface area (Å²) in [6.07, 6.45) is 3.62. The van der Waals surface area contributed by atoms with Crippen LogP contribution in [0.5, 0.6) is 0 Å². The first kappa shape index (κ1) is 14.8. The monoisotopic (exact) mass is 309 g/mol. The molecule has 21 heavy (non-hydrogen) atoms. The molecule has 114 valence electrons. The topological polar surface area (TPSA) is 58.4 Å². The van der Waals surface area contributed by atoms with Gasteiger partial charge in [-0.3, -0.25) is 15.0 Å². The molecule has 2 heterocycles. The van der Waals surface area contributed by atoms with Crippen LogP contribution in [-0.2, 0) is 6.54 Å². The van der Waals surface area contributed by atoms with Gasteiger partial charge in [0.2, 0.25) is 0 Å². The first-order valence-electron chi connectivity index (χ1n) is 7.44. The van der Waals surface area contributed by atoms with Gasteiger partial charge in [-0.2, -0.15) is 0 Å². The van der Waals surface area contributed by atoms with Crippen LogP contribution in [0.4, 0.5) is 5.69 Å². The summed E-state index contributed by atoms with van der Waals surface area (Å²) in [5, 5.41) is 15.1. The standard InChI is InChI=1S/C15H20ClN3O2/c16-13-1-2-14(19(20)21)12(9-13)10-18-8-5-15(11-18)3-6-17-7-4-15/h1-2,9,17H,3-8,10-11H2. The van der Waals surface area contributed by atoms with Crippen molar-refractivity contribution in [1.82, 2.24) is 10.2 Å². The SMILES string of the molecule is O=[N+]([O-])c1ccc(Cl)cc1CN1CCC2(CCNCC2)C1. The van der Waals surface area contributed by atoms with Gasteiger partial charge in [-0.1, -0.05) is 11.6 Å². The maximum atomic E-state index is 11.1. The molecule has 0 saturated carbocycles. The summed E-state index contributed by atoms with van der Waals surface area (Å²) < 4.78 is 0. The fraction of sp³-hybridized carbons (Fsp3) is 0.600. The summed E-state index contributed by atoms with van der Waals surface area (Å²) in [5.74, 6) is 0. The molecular formula is C15H20ClN3O2. The molecule has 3 rings (SSSR count). The number of hydrogen-bond acceptors (Lipinski definition) is 4. The van der Waals surface area contributed by atoms with Crippen molar-refractivity contribution in [1.29, 1.82) is 0 Å². The maximum absolute atomic E-state index is 11.1. The van der Waals surface area contributed by atoms with Crippen molar-refractivity contribution < 1.29 is 4.92 Å². The van der Waals surface area contributed by atoms with E-state index in [9.17, 15) is 10.1 Å². The maximum Gasteiger partial charge on any atom is 0.273 e. The minimum absolute atomic E-state index is 0.172. The van der Waals surface area contributed by atoms with E-state index in [1.807, 2.05) is 0 Å². The predicted octanol–water partition coefficient (Wildman–Crippen LogP) is 2.82. The molecule has 0 atom stereocenters. The zero-order valence-electron chi connectivity index (χ0n) is 12.0. The van der Waals surface area contributed by atoms with Gasteiger partial charge in [0.15, 0.2) is 0 Å². The van der Waals surface area contributed by atoms with Gasteiger partial charge in [-0.15, -0.1) is 0 Å². The Morgan fingerprint density at radius 3 is 2.81 bits per heavy atom. The Kier molecular flexibility index (Phi) is 4.15. The van der Waals surface area contributed by atoms with Gasteiger partial charge >= 0.3 is 0 Å². The molecule has 0 amide bonds. The van der Waals surface area contributed by atoms with Crippen molar-refractivity contribution >= 4 is 17.3 Å². The van der Waals surface area contributed by atoms with E-state index in [0.717, 1.165) is 31.7 Å². The number of nitrogens with zero attached hydrogens (tertiary/aromatic N) is 2. The van der Waals surface area contributed by atoms with Gasteiger partial charge in [0, 0.05) is 29.7 Å². The molecule has 2 aliphatic rings. The highest BCUT2D eigenvalue weighted by Crippen LogP contribution is 2.39. The van der Waals surface area contributed by atoms with Crippen LogP contribution in [0, 0.1) is 15.5 Å². The summed E-state index contributed by atoms with van der Waals surface area (Å²) in [6, 6.07) is 4.82. The minimum atomic E-state index is -0.317. The van der Waals surface area contributed by atoms with Crippen molar-refractivity contribution in [3.8, 4) is 0 Å². The number of nitrogens with one attached hydrogen (secondary N) is 1. The Balaban J connectivity index is 1.73. The average molecular weight is 310 g/mol. The first-order chi connectivity index (χ1) is 10.1. The Morgan fingerprint density at radius 2 is 2.10 bits per heavy atom. The second kappa shape index (κ2) is 5.91. The van der Waals surface area contributed by atoms with Gasteiger partial charge in [-0.05, 0) is 56.4 Å². The van der Waals surface area contributed by atoms with Crippen LogP contribution in [0.1, 0.15) is 24.8 Å². The summed E-state index contributed by atoms with van der Waals surface area (Å²) >= 11 is 6.00. The molecule has 0 bridgehead atoms. The number of piperidine rings is 1. The zero-order valence-corrected chi connectivity index (χ0v) is 12.7. The van der Waals surface area contributed by atoms with E-state index in [4.69, 9.17) is 11.6 Å². The van der Waals surface area contributed by atoms with Crippen LogP contribution in [0.3, 0.4) is 0 Å². The van der Waals surface area contributed by atoms with Crippen LogP contribution in [-0.4, -0.2) is 36.0 Å². The van der Waals surface area contributed by atoms with Crippen molar-refractivity contribution in [2.45, 2.75) is 25.8 Å². The lowest BCUT2D eigenvalue weighted by atomic mass is 9.78. The van der Waals surface area contributed by atoms with Gasteiger partial charge in [0.1, 0.15) is 0 Å². The molecule has 0 aromatic heterocycles. The third-order valence-corrected chi connectivity index (χ3v) is 5.05. The molecule has 0 radical (unpaired) electrons. The lowest BCUT2D eigenvalue weighted by molar-refractivity contribution is -0.385. The van der Waals surface area contributed by atoms with Crippen LogP contribution < -0.4 is 5.32 Å². The van der Waals surface area contributed by atoms with E-state index in [-0.39, 0.29) is 10.6 Å². The van der Waals surface area contributed by atoms with Crippen molar-refractivity contribution in [3.63, 3.8) is 0 Å². The van der Waals surface area contributed by atoms with E-state index < -0.39 is 0 Å². The molecular weight excluding hydrogens is 290 g/mol. The first-order valence-corrected chi connectivity index (χ1v) is 7.82. The van der Waals surface area contributed by atoms with Gasteiger partial charge in [0.25, 0.3) is 5.69 Å². The van der Waals surface area contributed by atoms with Gasteiger partial charge in [-0.25, -0.2) is 0 Å². The molecule has 5 nitrogen and oxygen atoms in total. The molecule has 2 fully saturated rings. The Morgan fingerprint density at radius 1 is 1.33 bits per heavy atom. The molecule has 1 aromatic carbocycles. The lowest BCUT2D eigenvalue weighted by Gasteiger charge is -2.33. The quantitative estimate of drug-likeness (QED) is 0.689. The number of halogens is 1. The summed E-state index contributed by atoms with van der Waals surface area (Å²) in [6.45, 7) is 4.85. The minimum Gasteiger partial charge on any atom is -0.317 e. The summed E-state index contributed by atoms with van der Waals surface area (Å²) in [5.41, 5.74) is 1.31. The van der Waals surface area contributed by atoms with E-state index in [0.29, 0.717) is 17.0 Å². The van der Waals surface area contributed by atoms with Crippen molar-refractivity contribution in [2.75, 3.05) is 26.2 Å². The number of nitro benzene ring substituents is 1. The Hall–Kier alpha value is -1.17. The second-order valence-electron chi connectivity index (χ2n) is 6.24. The molecule has 0 aliphatic carbocycles. The highest BCUT2D eigenvalue weighted by Gasteiger charge is 2.39. The zero-order chi connectivity index (χ0) is 14.9. The van der Waals surface area contributed by atoms with Gasteiger partial charge in [0.05, 0.1) is 4.92 Å². The van der Waals surface area contributed by atoms with Crippen LogP contribution in [0.2, 0.25) is 5.02 Å². The largest absolute Gasteiger partial charge is 0.317 e. The third-order valence-electron chi connectivity index (χ3n) is 4.81. The number of hydrogen-bond donors (Lipinski definition) is 1. The van der Waals surface area contributed by atoms with E-state index in [1.165, 1.54) is 25.3 Å². The molecule has 6 heteroatoms. The smallest absolute Gasteiger partial charge is 0.273 e. The average Bonchev–Trinajstić information content (AvgIpc) is 2.82. The van der Waals surface area contributed by atoms with E-state index >= 15 is 0 Å². The highest BCUT2D eigenvalue weighted by atomic mass is 35.5. The number of nitro groups is 1. The molecule has 2 aliphatic heterocycles. The van der Waals surface area contributed by atoms with Crippen LogP contribution in [0.15, 0.2) is 18.2 Å². The third kappa shape index (κ3) is 3.20. The van der Waals surface area contributed by atoms with E-state index in [1.54, 1.807) is 12.1 Å². The Bertz CT molecular complexity index is 544. The summed E-state index contributed by atoms with van der Waals surface area (Å²) in [7, 11) is 0. The number of likely N-dealkylation sites (tertiary alicyclic amines) is 1. The normalized spacial score (nSPS) is 21.8. The Labute approximate surface area is 129 Å². The molecule has 0 unspecified atom stereocenters. The lowest BCUT2D eigenvalue weighted by Crippen LogP contribution is -2.38. The molecule has 1 spiro atoms. The fourth-order valence-electron chi connectivity index (χ4n) is 3.63. The number of benzene rings is 1. The van der Waals surface area contributed by atoms with Crippen LogP contribution in [0.25, 0.3) is 0 Å². The molecule has 1 N–H and O–H groups in total. The van der Waals surface area contributed by atoms with Gasteiger partial charge < -0.3 is 5.32 Å². The molecule has 1 aromatic rings.